The zero-order valence-electron chi connectivity index (χ0n) is 14.5. The van der Waals surface area contributed by atoms with Crippen molar-refractivity contribution in [3.05, 3.63) is 81.3 Å². The van der Waals surface area contributed by atoms with Gasteiger partial charge in [0.05, 0.1) is 5.69 Å². The molecular formula is C20H14BrN5S2. The van der Waals surface area contributed by atoms with Crippen molar-refractivity contribution in [1.29, 1.82) is 0 Å². The number of halogens is 1. The summed E-state index contributed by atoms with van der Waals surface area (Å²) in [6.45, 7) is 0. The summed E-state index contributed by atoms with van der Waals surface area (Å²) in [7, 11) is 0. The van der Waals surface area contributed by atoms with Crippen LogP contribution in [-0.2, 0) is 6.42 Å². The van der Waals surface area contributed by atoms with Gasteiger partial charge in [0, 0.05) is 39.4 Å². The van der Waals surface area contributed by atoms with Crippen molar-refractivity contribution in [1.82, 2.24) is 19.6 Å². The predicted octanol–water partition coefficient (Wildman–Crippen LogP) is 6.01. The summed E-state index contributed by atoms with van der Waals surface area (Å²) in [5, 5.41) is 15.8. The number of rotatable bonds is 5. The molecule has 28 heavy (non-hydrogen) atoms. The molecule has 3 heterocycles. The molecule has 0 saturated heterocycles. The number of nitrogens with one attached hydrogen (secondary N) is 1. The summed E-state index contributed by atoms with van der Waals surface area (Å²) in [6.07, 6.45) is 2.82. The number of nitrogens with zero attached hydrogens (tertiary/aromatic N) is 4. The third-order valence-corrected chi connectivity index (χ3v) is 6.50. The van der Waals surface area contributed by atoms with Crippen molar-refractivity contribution in [2.75, 3.05) is 5.32 Å². The molecule has 0 aliphatic rings. The Hall–Kier alpha value is -2.55. The highest BCUT2D eigenvalue weighted by atomic mass is 79.9. The van der Waals surface area contributed by atoms with E-state index in [4.69, 9.17) is 4.98 Å². The molecule has 0 aliphatic heterocycles. The molecule has 8 heteroatoms. The Labute approximate surface area is 177 Å². The molecule has 3 aromatic heterocycles. The molecule has 138 valence electrons. The average molecular weight is 468 g/mol. The minimum absolute atomic E-state index is 0.726. The highest BCUT2D eigenvalue weighted by Crippen LogP contribution is 2.27. The molecular weight excluding hydrogens is 454 g/mol. The molecule has 0 spiro atoms. The van der Waals surface area contributed by atoms with Crippen LogP contribution in [0.3, 0.4) is 0 Å². The molecule has 0 unspecified atom stereocenters. The summed E-state index contributed by atoms with van der Waals surface area (Å²) >= 11 is 6.69. The van der Waals surface area contributed by atoms with Gasteiger partial charge in [0.2, 0.25) is 5.13 Å². The number of thiazole rings is 1. The fourth-order valence-corrected chi connectivity index (χ4v) is 4.80. The van der Waals surface area contributed by atoms with Crippen LogP contribution in [0.25, 0.3) is 16.2 Å². The quantitative estimate of drug-likeness (QED) is 0.343. The molecule has 0 fully saturated rings. The van der Waals surface area contributed by atoms with Crippen LogP contribution in [0.5, 0.6) is 0 Å². The largest absolute Gasteiger partial charge is 0.330 e. The van der Waals surface area contributed by atoms with Crippen LogP contribution in [0.15, 0.2) is 70.6 Å². The Kier molecular flexibility index (Phi) is 4.67. The van der Waals surface area contributed by atoms with E-state index in [1.165, 1.54) is 5.69 Å². The Morgan fingerprint density at radius 1 is 1.00 bits per heavy atom. The van der Waals surface area contributed by atoms with E-state index in [-0.39, 0.29) is 0 Å². The molecule has 0 aliphatic carbocycles. The maximum atomic E-state index is 4.76. The fraction of sp³-hybridized carbons (Fsp3) is 0.0500. The van der Waals surface area contributed by atoms with E-state index in [1.54, 1.807) is 22.7 Å². The molecule has 0 saturated carbocycles. The van der Waals surface area contributed by atoms with Crippen LogP contribution in [0.4, 0.5) is 10.8 Å². The maximum absolute atomic E-state index is 4.76. The Balaban J connectivity index is 1.37. The van der Waals surface area contributed by atoms with Gasteiger partial charge in [-0.2, -0.15) is 0 Å². The van der Waals surface area contributed by atoms with Crippen LogP contribution in [0, 0.1) is 0 Å². The van der Waals surface area contributed by atoms with Crippen LogP contribution < -0.4 is 5.32 Å². The minimum atomic E-state index is 0.726. The predicted molar refractivity (Wildman–Crippen MR) is 119 cm³/mol. The number of para-hydroxylation sites is 1. The lowest BCUT2D eigenvalue weighted by Gasteiger charge is -1.99. The molecule has 1 N–H and O–H groups in total. The van der Waals surface area contributed by atoms with Gasteiger partial charge in [-0.05, 0) is 24.3 Å². The normalized spacial score (nSPS) is 11.2. The number of hydrogen-bond donors (Lipinski definition) is 1. The van der Waals surface area contributed by atoms with E-state index in [1.807, 2.05) is 42.5 Å². The van der Waals surface area contributed by atoms with Crippen molar-refractivity contribution < 1.29 is 0 Å². The monoisotopic (exact) mass is 467 g/mol. The number of imidazole rings is 1. The first-order chi connectivity index (χ1) is 13.7. The lowest BCUT2D eigenvalue weighted by Crippen LogP contribution is -1.91. The van der Waals surface area contributed by atoms with Crippen molar-refractivity contribution >= 4 is 54.4 Å². The molecule has 5 aromatic rings. The van der Waals surface area contributed by atoms with Gasteiger partial charge in [-0.1, -0.05) is 57.6 Å². The highest BCUT2D eigenvalue weighted by Gasteiger charge is 2.12. The minimum Gasteiger partial charge on any atom is -0.330 e. The van der Waals surface area contributed by atoms with E-state index in [0.29, 0.717) is 0 Å². The number of aromatic nitrogens is 4. The van der Waals surface area contributed by atoms with Gasteiger partial charge in [0.1, 0.15) is 5.01 Å². The Morgan fingerprint density at radius 3 is 2.64 bits per heavy atom. The second-order valence-corrected chi connectivity index (χ2v) is 9.00. The second kappa shape index (κ2) is 7.46. The maximum Gasteiger partial charge on any atom is 0.210 e. The van der Waals surface area contributed by atoms with E-state index < -0.39 is 0 Å². The number of fused-ring (bicyclic) bond motifs is 1. The Morgan fingerprint density at radius 2 is 1.82 bits per heavy atom. The van der Waals surface area contributed by atoms with Crippen molar-refractivity contribution in [3.8, 4) is 11.3 Å². The fourth-order valence-electron chi connectivity index (χ4n) is 2.89. The summed E-state index contributed by atoms with van der Waals surface area (Å²) in [6, 6.07) is 18.2. The second-order valence-electron chi connectivity index (χ2n) is 6.18. The van der Waals surface area contributed by atoms with Crippen LogP contribution in [0.2, 0.25) is 0 Å². The third kappa shape index (κ3) is 3.58. The van der Waals surface area contributed by atoms with Gasteiger partial charge in [0.25, 0.3) is 0 Å². The molecule has 5 nitrogen and oxygen atoms in total. The zero-order valence-corrected chi connectivity index (χ0v) is 17.8. The van der Waals surface area contributed by atoms with Crippen molar-refractivity contribution in [2.45, 2.75) is 6.42 Å². The summed E-state index contributed by atoms with van der Waals surface area (Å²) < 4.78 is 3.21. The van der Waals surface area contributed by atoms with Gasteiger partial charge >= 0.3 is 0 Å². The highest BCUT2D eigenvalue weighted by molar-refractivity contribution is 9.10. The summed E-state index contributed by atoms with van der Waals surface area (Å²) in [4.78, 5) is 5.74. The van der Waals surface area contributed by atoms with Crippen molar-refractivity contribution in [3.63, 3.8) is 0 Å². The van der Waals surface area contributed by atoms with Gasteiger partial charge in [-0.25, -0.2) is 4.98 Å². The molecule has 0 bridgehead atoms. The lowest BCUT2D eigenvalue weighted by molar-refractivity contribution is 0.965. The smallest absolute Gasteiger partial charge is 0.210 e. The van der Waals surface area contributed by atoms with E-state index >= 15 is 0 Å². The zero-order chi connectivity index (χ0) is 18.9. The van der Waals surface area contributed by atoms with E-state index in [0.717, 1.165) is 42.9 Å². The Bertz CT molecular complexity index is 1220. The third-order valence-electron chi connectivity index (χ3n) is 4.25. The molecule has 5 rings (SSSR count). The van der Waals surface area contributed by atoms with E-state index in [9.17, 15) is 0 Å². The van der Waals surface area contributed by atoms with Gasteiger partial charge in [-0.15, -0.1) is 21.5 Å². The molecule has 0 radical (unpaired) electrons. The number of hydrogen-bond acceptors (Lipinski definition) is 6. The standard InChI is InChI=1S/C20H14BrN5S2/c21-14-8-6-13(7-9-14)17-11-26-16(12-27-20(26)23-17)10-18-24-25-19(28-18)22-15-4-2-1-3-5-15/h1-9,11-12H,10H2,(H,22,25). The van der Waals surface area contributed by atoms with Gasteiger partial charge in [-0.3, -0.25) is 4.40 Å². The van der Waals surface area contributed by atoms with Crippen molar-refractivity contribution in [2.24, 2.45) is 0 Å². The number of benzene rings is 2. The van der Waals surface area contributed by atoms with Crippen LogP contribution in [0.1, 0.15) is 10.7 Å². The lowest BCUT2D eigenvalue weighted by atomic mass is 10.2. The molecule has 0 amide bonds. The topological polar surface area (TPSA) is 55.1 Å². The first kappa shape index (κ1) is 17.5. The summed E-state index contributed by atoms with van der Waals surface area (Å²) in [5.41, 5.74) is 4.26. The molecule has 2 aromatic carbocycles. The molecule has 0 atom stereocenters. The van der Waals surface area contributed by atoms with Crippen LogP contribution >= 0.6 is 38.6 Å². The first-order valence-electron chi connectivity index (χ1n) is 8.60. The number of anilines is 2. The summed E-state index contributed by atoms with van der Waals surface area (Å²) in [5.74, 6) is 0. The van der Waals surface area contributed by atoms with Gasteiger partial charge in [0.15, 0.2) is 4.96 Å². The van der Waals surface area contributed by atoms with E-state index in [2.05, 4.69) is 59.6 Å². The van der Waals surface area contributed by atoms with Gasteiger partial charge < -0.3 is 5.32 Å². The SMILES string of the molecule is Brc1ccc(-c2cn3c(Cc4nnc(Nc5ccccc5)s4)csc3n2)cc1. The van der Waals surface area contributed by atoms with Crippen LogP contribution in [-0.4, -0.2) is 19.6 Å². The first-order valence-corrected chi connectivity index (χ1v) is 11.1. The average Bonchev–Trinajstić information content (AvgIpc) is 3.41.